The number of likely N-dealkylation sites (N-methyl/N-ethyl adjacent to an activating group) is 1. The summed E-state index contributed by atoms with van der Waals surface area (Å²) in [5, 5.41) is 2.82. The van der Waals surface area contributed by atoms with E-state index in [0.29, 0.717) is 23.5 Å². The van der Waals surface area contributed by atoms with E-state index in [2.05, 4.69) is 5.32 Å². The number of rotatable bonds is 8. The Kier molecular flexibility index (Phi) is 6.74. The van der Waals surface area contributed by atoms with Gasteiger partial charge in [-0.05, 0) is 32.2 Å². The van der Waals surface area contributed by atoms with Crippen molar-refractivity contribution in [3.8, 4) is 11.5 Å². The molecule has 1 N–H and O–H groups in total. The molecule has 0 aliphatic rings. The number of hydrogen-bond donors (Lipinski definition) is 1. The maximum atomic E-state index is 12.3. The number of benzene rings is 2. The van der Waals surface area contributed by atoms with Gasteiger partial charge in [0.05, 0.1) is 20.8 Å². The Morgan fingerprint density at radius 3 is 2.50 bits per heavy atom. The zero-order chi connectivity index (χ0) is 19.1. The standard InChI is InChI=1S/C20H24N2O4/c1-14(23)15-6-5-7-17(10-15)21-20(24)13-22(2)12-16-8-9-18(25-3)11-19(16)26-4/h5-11H,12-13H2,1-4H3,(H,21,24). The molecule has 6 heteroatoms. The predicted octanol–water partition coefficient (Wildman–Crippen LogP) is 2.98. The van der Waals surface area contributed by atoms with Gasteiger partial charge in [-0.3, -0.25) is 14.5 Å². The molecule has 1 amide bonds. The van der Waals surface area contributed by atoms with Crippen LogP contribution in [0.5, 0.6) is 11.5 Å². The fourth-order valence-electron chi connectivity index (χ4n) is 2.59. The van der Waals surface area contributed by atoms with Crippen molar-refractivity contribution in [1.29, 1.82) is 0 Å². The van der Waals surface area contributed by atoms with Gasteiger partial charge < -0.3 is 14.8 Å². The number of nitrogens with zero attached hydrogens (tertiary/aromatic N) is 1. The van der Waals surface area contributed by atoms with Crippen LogP contribution < -0.4 is 14.8 Å². The quantitative estimate of drug-likeness (QED) is 0.737. The first-order valence-corrected chi connectivity index (χ1v) is 8.23. The van der Waals surface area contributed by atoms with E-state index in [9.17, 15) is 9.59 Å². The first-order chi connectivity index (χ1) is 12.4. The zero-order valence-corrected chi connectivity index (χ0v) is 15.5. The molecule has 0 bridgehead atoms. The lowest BCUT2D eigenvalue weighted by atomic mass is 10.1. The lowest BCUT2D eigenvalue weighted by molar-refractivity contribution is -0.117. The Balaban J connectivity index is 1.97. The van der Waals surface area contributed by atoms with Gasteiger partial charge in [-0.15, -0.1) is 0 Å². The first kappa shape index (κ1) is 19.5. The Labute approximate surface area is 153 Å². The van der Waals surface area contributed by atoms with Crippen LogP contribution in [0.4, 0.5) is 5.69 Å². The molecule has 0 aliphatic carbocycles. The second-order valence-corrected chi connectivity index (χ2v) is 6.04. The molecule has 2 aromatic rings. The van der Waals surface area contributed by atoms with E-state index >= 15 is 0 Å². The molecule has 0 unspecified atom stereocenters. The van der Waals surface area contributed by atoms with Crippen LogP contribution in [0, 0.1) is 0 Å². The summed E-state index contributed by atoms with van der Waals surface area (Å²) in [5.41, 5.74) is 2.14. The van der Waals surface area contributed by atoms with Gasteiger partial charge >= 0.3 is 0 Å². The molecule has 0 atom stereocenters. The first-order valence-electron chi connectivity index (χ1n) is 8.23. The molecule has 2 rings (SSSR count). The minimum atomic E-state index is -0.152. The van der Waals surface area contributed by atoms with Crippen LogP contribution in [-0.2, 0) is 11.3 Å². The lowest BCUT2D eigenvalue weighted by Crippen LogP contribution is -2.30. The molecule has 2 aromatic carbocycles. The summed E-state index contributed by atoms with van der Waals surface area (Å²) in [6, 6.07) is 12.5. The smallest absolute Gasteiger partial charge is 0.238 e. The van der Waals surface area contributed by atoms with Crippen molar-refractivity contribution in [1.82, 2.24) is 4.90 Å². The molecular formula is C20H24N2O4. The van der Waals surface area contributed by atoms with E-state index in [0.717, 1.165) is 11.3 Å². The van der Waals surface area contributed by atoms with Gasteiger partial charge in [0.2, 0.25) is 5.91 Å². The summed E-state index contributed by atoms with van der Waals surface area (Å²) < 4.78 is 10.6. The summed E-state index contributed by atoms with van der Waals surface area (Å²) in [6.07, 6.45) is 0. The van der Waals surface area contributed by atoms with Crippen molar-refractivity contribution in [3.05, 3.63) is 53.6 Å². The third-order valence-electron chi connectivity index (χ3n) is 3.90. The second-order valence-electron chi connectivity index (χ2n) is 6.04. The van der Waals surface area contributed by atoms with Gasteiger partial charge in [0.15, 0.2) is 5.78 Å². The molecule has 0 heterocycles. The normalized spacial score (nSPS) is 10.5. The molecule has 138 valence electrons. The topological polar surface area (TPSA) is 67.9 Å². The molecule has 0 saturated carbocycles. The Hall–Kier alpha value is -2.86. The molecule has 6 nitrogen and oxygen atoms in total. The lowest BCUT2D eigenvalue weighted by Gasteiger charge is -2.18. The molecular weight excluding hydrogens is 332 g/mol. The van der Waals surface area contributed by atoms with Crippen LogP contribution in [-0.4, -0.2) is 44.4 Å². The number of Topliss-reactive ketones (excluding diaryl/α,β-unsaturated/α-hetero) is 1. The number of hydrogen-bond acceptors (Lipinski definition) is 5. The molecule has 0 saturated heterocycles. The van der Waals surface area contributed by atoms with Crippen LogP contribution in [0.25, 0.3) is 0 Å². The predicted molar refractivity (Wildman–Crippen MR) is 101 cm³/mol. The highest BCUT2D eigenvalue weighted by Gasteiger charge is 2.12. The van der Waals surface area contributed by atoms with Crippen LogP contribution in [0.15, 0.2) is 42.5 Å². The minimum absolute atomic E-state index is 0.0372. The van der Waals surface area contributed by atoms with E-state index in [1.165, 1.54) is 6.92 Å². The third-order valence-corrected chi connectivity index (χ3v) is 3.90. The molecule has 0 radical (unpaired) electrons. The maximum Gasteiger partial charge on any atom is 0.238 e. The van der Waals surface area contributed by atoms with Crippen LogP contribution in [0.3, 0.4) is 0 Å². The molecule has 0 spiro atoms. The minimum Gasteiger partial charge on any atom is -0.497 e. The fourth-order valence-corrected chi connectivity index (χ4v) is 2.59. The average Bonchev–Trinajstić information content (AvgIpc) is 2.61. The number of anilines is 1. The third kappa shape index (κ3) is 5.32. The maximum absolute atomic E-state index is 12.3. The summed E-state index contributed by atoms with van der Waals surface area (Å²) >= 11 is 0. The van der Waals surface area contributed by atoms with Crippen molar-refractivity contribution in [3.63, 3.8) is 0 Å². The Bertz CT molecular complexity index is 789. The SMILES string of the molecule is COc1ccc(CN(C)CC(=O)Nc2cccc(C(C)=O)c2)c(OC)c1. The van der Waals surface area contributed by atoms with Gasteiger partial charge in [0.25, 0.3) is 0 Å². The zero-order valence-electron chi connectivity index (χ0n) is 15.5. The van der Waals surface area contributed by atoms with E-state index in [1.54, 1.807) is 38.5 Å². The molecule has 26 heavy (non-hydrogen) atoms. The van der Waals surface area contributed by atoms with Crippen molar-refractivity contribution >= 4 is 17.4 Å². The van der Waals surface area contributed by atoms with Crippen molar-refractivity contribution in [2.45, 2.75) is 13.5 Å². The van der Waals surface area contributed by atoms with Gasteiger partial charge in [-0.2, -0.15) is 0 Å². The number of methoxy groups -OCH3 is 2. The van der Waals surface area contributed by atoms with Crippen molar-refractivity contribution < 1.29 is 19.1 Å². The number of carbonyl (C=O) groups excluding carboxylic acids is 2. The highest BCUT2D eigenvalue weighted by molar-refractivity contribution is 5.97. The number of ketones is 1. The summed E-state index contributed by atoms with van der Waals surface area (Å²) in [6.45, 7) is 2.25. The summed E-state index contributed by atoms with van der Waals surface area (Å²) in [4.78, 5) is 25.6. The summed E-state index contributed by atoms with van der Waals surface area (Å²) in [7, 11) is 5.06. The molecule has 0 aliphatic heterocycles. The van der Waals surface area contributed by atoms with Crippen molar-refractivity contribution in [2.24, 2.45) is 0 Å². The summed E-state index contributed by atoms with van der Waals surface area (Å²) in [5.74, 6) is 1.24. The number of ether oxygens (including phenoxy) is 2. The van der Waals surface area contributed by atoms with E-state index in [1.807, 2.05) is 30.1 Å². The van der Waals surface area contributed by atoms with Gasteiger partial charge in [-0.1, -0.05) is 18.2 Å². The number of nitrogens with one attached hydrogen (secondary N) is 1. The van der Waals surface area contributed by atoms with Gasteiger partial charge in [0, 0.05) is 29.4 Å². The Morgan fingerprint density at radius 2 is 1.85 bits per heavy atom. The molecule has 0 aromatic heterocycles. The largest absolute Gasteiger partial charge is 0.497 e. The number of carbonyl (C=O) groups is 2. The van der Waals surface area contributed by atoms with E-state index in [-0.39, 0.29) is 18.2 Å². The van der Waals surface area contributed by atoms with Gasteiger partial charge in [0.1, 0.15) is 11.5 Å². The second kappa shape index (κ2) is 9.01. The van der Waals surface area contributed by atoms with E-state index in [4.69, 9.17) is 9.47 Å². The average molecular weight is 356 g/mol. The Morgan fingerprint density at radius 1 is 1.08 bits per heavy atom. The van der Waals surface area contributed by atoms with Gasteiger partial charge in [-0.25, -0.2) is 0 Å². The monoisotopic (exact) mass is 356 g/mol. The number of amides is 1. The van der Waals surface area contributed by atoms with Crippen LogP contribution in [0.2, 0.25) is 0 Å². The van der Waals surface area contributed by atoms with E-state index < -0.39 is 0 Å². The highest BCUT2D eigenvalue weighted by Crippen LogP contribution is 2.25. The van der Waals surface area contributed by atoms with Crippen molar-refractivity contribution in [2.75, 3.05) is 33.1 Å². The van der Waals surface area contributed by atoms with Crippen LogP contribution >= 0.6 is 0 Å². The highest BCUT2D eigenvalue weighted by atomic mass is 16.5. The fraction of sp³-hybridized carbons (Fsp3) is 0.300. The van der Waals surface area contributed by atoms with Crippen LogP contribution in [0.1, 0.15) is 22.8 Å². The molecule has 0 fully saturated rings.